The number of rotatable bonds is 6. The van der Waals surface area contributed by atoms with E-state index in [9.17, 15) is 17.6 Å². The van der Waals surface area contributed by atoms with Gasteiger partial charge in [0.15, 0.2) is 17.4 Å². The lowest BCUT2D eigenvalue weighted by molar-refractivity contribution is -0.0496. The monoisotopic (exact) mass is 396 g/mol. The molecule has 0 aliphatic rings. The van der Waals surface area contributed by atoms with Crippen LogP contribution in [0.15, 0.2) is 58.6 Å². The van der Waals surface area contributed by atoms with Gasteiger partial charge in [-0.1, -0.05) is 11.8 Å². The Morgan fingerprint density at radius 3 is 2.48 bits per heavy atom. The molecule has 0 atom stereocenters. The number of ether oxygens (including phenoxy) is 1. The Morgan fingerprint density at radius 1 is 1.04 bits per heavy atom. The van der Waals surface area contributed by atoms with E-state index < -0.39 is 18.2 Å². The third-order valence-electron chi connectivity index (χ3n) is 3.42. The smallest absolute Gasteiger partial charge is 0.387 e. The lowest BCUT2D eigenvalue weighted by Gasteiger charge is -2.12. The van der Waals surface area contributed by atoms with Gasteiger partial charge in [-0.3, -0.25) is 4.98 Å². The number of hydrogen-bond acceptors (Lipinski definition) is 5. The SMILES string of the molecule is OCc1ccc(Sc2ccc(OC(F)F)c(-c3ccc(F)c(F)c3)n2)cn1. The Morgan fingerprint density at radius 2 is 1.85 bits per heavy atom. The first-order valence-electron chi connectivity index (χ1n) is 7.61. The Kier molecular flexibility index (Phi) is 5.92. The fraction of sp³-hybridized carbons (Fsp3) is 0.111. The molecule has 0 unspecified atom stereocenters. The van der Waals surface area contributed by atoms with Gasteiger partial charge in [0.1, 0.15) is 10.7 Å². The van der Waals surface area contributed by atoms with Gasteiger partial charge < -0.3 is 9.84 Å². The van der Waals surface area contributed by atoms with Crippen molar-refractivity contribution in [2.24, 2.45) is 0 Å². The third-order valence-corrected chi connectivity index (χ3v) is 4.34. The van der Waals surface area contributed by atoms with E-state index in [-0.39, 0.29) is 23.6 Å². The van der Waals surface area contributed by atoms with Crippen LogP contribution in [-0.4, -0.2) is 21.7 Å². The van der Waals surface area contributed by atoms with Crippen LogP contribution < -0.4 is 4.74 Å². The molecule has 1 N–H and O–H groups in total. The Labute approximate surface area is 155 Å². The summed E-state index contributed by atoms with van der Waals surface area (Å²) >= 11 is 1.18. The van der Waals surface area contributed by atoms with Gasteiger partial charge in [0.05, 0.1) is 12.3 Å². The number of nitrogens with zero attached hydrogens (tertiary/aromatic N) is 2. The van der Waals surface area contributed by atoms with Crippen LogP contribution in [0.3, 0.4) is 0 Å². The zero-order valence-corrected chi connectivity index (χ0v) is 14.4. The molecule has 0 fully saturated rings. The molecule has 0 spiro atoms. The highest BCUT2D eigenvalue weighted by atomic mass is 32.2. The van der Waals surface area contributed by atoms with Gasteiger partial charge in [0.25, 0.3) is 0 Å². The fourth-order valence-electron chi connectivity index (χ4n) is 2.21. The number of aliphatic hydroxyl groups is 1. The highest BCUT2D eigenvalue weighted by molar-refractivity contribution is 7.99. The number of aromatic nitrogens is 2. The van der Waals surface area contributed by atoms with Crippen LogP contribution in [0.1, 0.15) is 5.69 Å². The molecule has 3 aromatic rings. The molecule has 0 saturated heterocycles. The van der Waals surface area contributed by atoms with E-state index in [1.165, 1.54) is 36.2 Å². The minimum absolute atomic E-state index is 0.0425. The van der Waals surface area contributed by atoms with E-state index in [2.05, 4.69) is 14.7 Å². The molecule has 27 heavy (non-hydrogen) atoms. The number of aliphatic hydroxyl groups excluding tert-OH is 1. The zero-order valence-electron chi connectivity index (χ0n) is 13.6. The van der Waals surface area contributed by atoms with E-state index in [1.54, 1.807) is 12.1 Å². The van der Waals surface area contributed by atoms with Crippen molar-refractivity contribution in [2.45, 2.75) is 23.1 Å². The second-order valence-electron chi connectivity index (χ2n) is 5.25. The molecule has 4 nitrogen and oxygen atoms in total. The van der Waals surface area contributed by atoms with Crippen molar-refractivity contribution in [3.05, 3.63) is 66.0 Å². The van der Waals surface area contributed by atoms with Crippen LogP contribution in [0.5, 0.6) is 5.75 Å². The summed E-state index contributed by atoms with van der Waals surface area (Å²) in [5.74, 6) is -2.44. The van der Waals surface area contributed by atoms with E-state index in [4.69, 9.17) is 5.11 Å². The molecule has 3 rings (SSSR count). The molecule has 1 aromatic carbocycles. The summed E-state index contributed by atoms with van der Waals surface area (Å²) in [6, 6.07) is 9.07. The van der Waals surface area contributed by atoms with Crippen LogP contribution in [0.25, 0.3) is 11.3 Å². The number of benzene rings is 1. The van der Waals surface area contributed by atoms with Crippen molar-refractivity contribution >= 4 is 11.8 Å². The maximum Gasteiger partial charge on any atom is 0.387 e. The summed E-state index contributed by atoms with van der Waals surface area (Å²) in [4.78, 5) is 8.97. The highest BCUT2D eigenvalue weighted by Gasteiger charge is 2.16. The van der Waals surface area contributed by atoms with Crippen molar-refractivity contribution in [3.63, 3.8) is 0 Å². The maximum absolute atomic E-state index is 13.6. The maximum atomic E-state index is 13.6. The summed E-state index contributed by atoms with van der Waals surface area (Å²) in [6.07, 6.45) is 1.53. The van der Waals surface area contributed by atoms with Gasteiger partial charge in [-0.2, -0.15) is 8.78 Å². The summed E-state index contributed by atoms with van der Waals surface area (Å²) < 4.78 is 56.5. The van der Waals surface area contributed by atoms with Crippen LogP contribution in [0.2, 0.25) is 0 Å². The molecule has 0 aliphatic heterocycles. The van der Waals surface area contributed by atoms with Crippen molar-refractivity contribution in [1.29, 1.82) is 0 Å². The lowest BCUT2D eigenvalue weighted by atomic mass is 10.1. The molecule has 0 radical (unpaired) electrons. The average Bonchev–Trinajstić information content (AvgIpc) is 2.65. The van der Waals surface area contributed by atoms with Crippen molar-refractivity contribution < 1.29 is 27.4 Å². The van der Waals surface area contributed by atoms with Gasteiger partial charge in [-0.15, -0.1) is 0 Å². The summed E-state index contributed by atoms with van der Waals surface area (Å²) in [6.45, 7) is -3.28. The normalized spacial score (nSPS) is 11.0. The highest BCUT2D eigenvalue weighted by Crippen LogP contribution is 2.34. The first-order chi connectivity index (χ1) is 13.0. The van der Waals surface area contributed by atoms with Gasteiger partial charge in [-0.05, 0) is 42.5 Å². The van der Waals surface area contributed by atoms with Crippen molar-refractivity contribution in [1.82, 2.24) is 9.97 Å². The quantitative estimate of drug-likeness (QED) is 0.614. The number of hydrogen-bond donors (Lipinski definition) is 1. The molecule has 2 aromatic heterocycles. The molecule has 140 valence electrons. The topological polar surface area (TPSA) is 55.2 Å². The largest absolute Gasteiger partial charge is 0.432 e. The molecule has 9 heteroatoms. The molecule has 0 saturated carbocycles. The first kappa shape index (κ1) is 19.1. The predicted molar refractivity (Wildman–Crippen MR) is 90.5 cm³/mol. The standard InChI is InChI=1S/C18H12F4N2O2S/c19-13-4-1-10(7-14(13)20)17-15(26-18(21)22)5-6-16(24-17)27-12-3-2-11(9-25)23-8-12/h1-8,18,25H,9H2. The van der Waals surface area contributed by atoms with Crippen LogP contribution in [0, 0.1) is 11.6 Å². The summed E-state index contributed by atoms with van der Waals surface area (Å²) in [7, 11) is 0. The van der Waals surface area contributed by atoms with Gasteiger partial charge in [0, 0.05) is 16.7 Å². The van der Waals surface area contributed by atoms with E-state index in [1.807, 2.05) is 0 Å². The van der Waals surface area contributed by atoms with Crippen LogP contribution in [-0.2, 0) is 6.61 Å². The van der Waals surface area contributed by atoms with Gasteiger partial charge in [-0.25, -0.2) is 13.8 Å². The third kappa shape index (κ3) is 4.75. The molecular weight excluding hydrogens is 384 g/mol. The van der Waals surface area contributed by atoms with Gasteiger partial charge in [0.2, 0.25) is 0 Å². The molecule has 0 amide bonds. The number of pyridine rings is 2. The Bertz CT molecular complexity index is 939. The molecular formula is C18H12F4N2O2S. The minimum atomic E-state index is -3.09. The predicted octanol–water partition coefficient (Wildman–Crippen LogP) is 4.67. The first-order valence-corrected chi connectivity index (χ1v) is 8.43. The van der Waals surface area contributed by atoms with Gasteiger partial charge >= 0.3 is 6.61 Å². The van der Waals surface area contributed by atoms with E-state index in [0.29, 0.717) is 15.6 Å². The van der Waals surface area contributed by atoms with Crippen molar-refractivity contribution in [2.75, 3.05) is 0 Å². The second-order valence-corrected chi connectivity index (χ2v) is 6.34. The Hall–Kier alpha value is -2.65. The summed E-state index contributed by atoms with van der Waals surface area (Å²) in [5.41, 5.74) is 0.551. The molecule has 2 heterocycles. The minimum Gasteiger partial charge on any atom is -0.432 e. The number of alkyl halides is 2. The number of halogens is 4. The zero-order chi connectivity index (χ0) is 19.4. The molecule has 0 aliphatic carbocycles. The fourth-order valence-corrected chi connectivity index (χ4v) is 2.97. The lowest BCUT2D eigenvalue weighted by Crippen LogP contribution is -2.04. The van der Waals surface area contributed by atoms with Crippen LogP contribution >= 0.6 is 11.8 Å². The van der Waals surface area contributed by atoms with Crippen molar-refractivity contribution in [3.8, 4) is 17.0 Å². The summed E-state index contributed by atoms with van der Waals surface area (Å²) in [5, 5.41) is 9.42. The van der Waals surface area contributed by atoms with Crippen LogP contribution in [0.4, 0.5) is 17.6 Å². The average molecular weight is 396 g/mol. The second kappa shape index (κ2) is 8.36. The van der Waals surface area contributed by atoms with E-state index in [0.717, 1.165) is 12.1 Å². The Balaban J connectivity index is 1.97. The molecule has 0 bridgehead atoms. The van der Waals surface area contributed by atoms with E-state index >= 15 is 0 Å².